The van der Waals surface area contributed by atoms with E-state index in [-0.39, 0.29) is 43.3 Å². The highest BCUT2D eigenvalue weighted by Gasteiger charge is 2.54. The third-order valence-corrected chi connectivity index (χ3v) is 13.2. The second kappa shape index (κ2) is 19.9. The zero-order valence-electron chi connectivity index (χ0n) is 35.7. The lowest BCUT2D eigenvalue weighted by molar-refractivity contribution is -0.0936. The van der Waals surface area contributed by atoms with Gasteiger partial charge in [0.1, 0.15) is 36.3 Å². The Bertz CT molecular complexity index is 2370. The lowest BCUT2D eigenvalue weighted by atomic mass is 9.64. The van der Waals surface area contributed by atoms with Crippen LogP contribution >= 0.6 is 8.53 Å². The van der Waals surface area contributed by atoms with Crippen molar-refractivity contribution in [3.05, 3.63) is 144 Å². The normalized spacial score (nSPS) is 17.6. The number of nitriles is 1. The summed E-state index contributed by atoms with van der Waals surface area (Å²) in [4.78, 5) is 26.9. The zero-order chi connectivity index (χ0) is 43.8. The predicted molar refractivity (Wildman–Crippen MR) is 237 cm³/mol. The zero-order valence-corrected chi connectivity index (χ0v) is 36.6. The van der Waals surface area contributed by atoms with Crippen LogP contribution in [0.5, 0.6) is 11.5 Å². The quantitative estimate of drug-likeness (QED) is 0.0482. The van der Waals surface area contributed by atoms with Crippen molar-refractivity contribution >= 4 is 31.4 Å². The molecule has 2 unspecified atom stereocenters. The van der Waals surface area contributed by atoms with Crippen molar-refractivity contribution in [2.75, 3.05) is 26.1 Å². The van der Waals surface area contributed by atoms with E-state index in [1.807, 2.05) is 84.9 Å². The number of benzene rings is 4. The number of aliphatic hydroxyl groups excluding tert-OH is 1. The molecule has 1 aliphatic rings. The second-order valence-corrected chi connectivity index (χ2v) is 16.8. The molecule has 2 aromatic heterocycles. The van der Waals surface area contributed by atoms with E-state index >= 15 is 0 Å². The van der Waals surface area contributed by atoms with Gasteiger partial charge in [-0.05, 0) is 80.8 Å². The lowest BCUT2D eigenvalue weighted by Gasteiger charge is -2.44. The van der Waals surface area contributed by atoms with Crippen molar-refractivity contribution < 1.29 is 33.2 Å². The molecule has 0 aliphatic carbocycles. The van der Waals surface area contributed by atoms with Crippen LogP contribution in [0.1, 0.15) is 73.8 Å². The molecule has 6 aromatic rings. The van der Waals surface area contributed by atoms with Gasteiger partial charge in [-0.2, -0.15) is 5.26 Å². The number of aliphatic hydroxyl groups is 1. The number of nitrogens with one attached hydrogen (secondary N) is 1. The fourth-order valence-electron chi connectivity index (χ4n) is 8.22. The van der Waals surface area contributed by atoms with Crippen LogP contribution in [0.15, 0.2) is 122 Å². The van der Waals surface area contributed by atoms with Crippen LogP contribution in [0.3, 0.4) is 0 Å². The predicted octanol–water partition coefficient (Wildman–Crippen LogP) is 8.44. The standard InChI is InChI=1S/C47H52N7O7P/c1-31(2)54(32(3)4)62(59-27-13-26-48)61-39-28-40(53-30-51-41-44(49-29-50-45(41)53)52-46(56)33-14-9-7-10-15-33)60-42(39)43(55)47(34-16-11-8-12-17-34,35-18-22-37(57-5)23-19-35)36-20-24-38(58-6)25-21-36/h7-12,14-25,29-32,39-40,42-43,55H,13,27-28H2,1-6H3,(H,49,50,52,56)/t39-,40+,42-,43?,62?/m0/s1. The summed E-state index contributed by atoms with van der Waals surface area (Å²) in [5.74, 6) is 1.22. The van der Waals surface area contributed by atoms with Crippen LogP contribution in [0.4, 0.5) is 5.82 Å². The molecule has 1 saturated heterocycles. The van der Waals surface area contributed by atoms with Crippen LogP contribution in [-0.4, -0.2) is 86.4 Å². The molecule has 0 spiro atoms. The molecular formula is C47H52N7O7P. The Balaban J connectivity index is 1.37. The number of imidazole rings is 1. The molecule has 0 bridgehead atoms. The van der Waals surface area contributed by atoms with E-state index in [9.17, 15) is 15.2 Å². The summed E-state index contributed by atoms with van der Waals surface area (Å²) >= 11 is 0. The van der Waals surface area contributed by atoms with Crippen LogP contribution in [0.25, 0.3) is 11.2 Å². The minimum Gasteiger partial charge on any atom is -0.497 e. The number of carbonyl (C=O) groups is 1. The molecule has 3 heterocycles. The third kappa shape index (κ3) is 9.06. The molecule has 15 heteroatoms. The number of rotatable bonds is 18. The molecule has 1 fully saturated rings. The highest BCUT2D eigenvalue weighted by molar-refractivity contribution is 7.44. The van der Waals surface area contributed by atoms with Gasteiger partial charge in [-0.15, -0.1) is 0 Å². The van der Waals surface area contributed by atoms with E-state index in [0.717, 1.165) is 16.7 Å². The Kier molecular flexibility index (Phi) is 14.2. The Hall–Kier alpha value is -5.78. The minimum atomic E-state index is -1.78. The first-order valence-electron chi connectivity index (χ1n) is 20.6. The van der Waals surface area contributed by atoms with E-state index in [1.165, 1.54) is 6.33 Å². The number of methoxy groups -OCH3 is 2. The van der Waals surface area contributed by atoms with Crippen LogP contribution in [-0.2, 0) is 19.2 Å². The van der Waals surface area contributed by atoms with E-state index in [1.54, 1.807) is 49.4 Å². The summed E-state index contributed by atoms with van der Waals surface area (Å²) < 4.78 is 35.8. The monoisotopic (exact) mass is 857 g/mol. The van der Waals surface area contributed by atoms with E-state index in [0.29, 0.717) is 28.2 Å². The number of aromatic nitrogens is 4. The van der Waals surface area contributed by atoms with E-state index in [2.05, 4.69) is 58.7 Å². The van der Waals surface area contributed by atoms with Crippen molar-refractivity contribution in [2.45, 2.75) is 82.6 Å². The molecule has 322 valence electrons. The first-order chi connectivity index (χ1) is 30.1. The van der Waals surface area contributed by atoms with Crippen molar-refractivity contribution in [1.82, 2.24) is 24.2 Å². The first kappa shape index (κ1) is 44.3. The highest BCUT2D eigenvalue weighted by Crippen LogP contribution is 2.53. The fraction of sp³-hybridized carbons (Fsp3) is 0.340. The molecule has 62 heavy (non-hydrogen) atoms. The van der Waals surface area contributed by atoms with Gasteiger partial charge in [0.25, 0.3) is 14.4 Å². The van der Waals surface area contributed by atoms with Gasteiger partial charge in [-0.1, -0.05) is 72.8 Å². The lowest BCUT2D eigenvalue weighted by Crippen LogP contribution is -2.52. The van der Waals surface area contributed by atoms with Gasteiger partial charge in [-0.3, -0.25) is 9.36 Å². The van der Waals surface area contributed by atoms with Crippen molar-refractivity contribution in [3.63, 3.8) is 0 Å². The summed E-state index contributed by atoms with van der Waals surface area (Å²) in [6.45, 7) is 8.46. The maximum Gasteiger partial charge on any atom is 0.259 e. The highest BCUT2D eigenvalue weighted by atomic mass is 31.2. The molecular weight excluding hydrogens is 806 g/mol. The number of hydrogen-bond donors (Lipinski definition) is 2. The maximum absolute atomic E-state index is 13.6. The van der Waals surface area contributed by atoms with Gasteiger partial charge in [0, 0.05) is 24.1 Å². The van der Waals surface area contributed by atoms with Crippen molar-refractivity contribution in [2.24, 2.45) is 0 Å². The molecule has 0 radical (unpaired) electrons. The summed E-state index contributed by atoms with van der Waals surface area (Å²) in [7, 11) is 1.46. The Labute approximate surface area is 363 Å². The first-order valence-corrected chi connectivity index (χ1v) is 21.7. The van der Waals surface area contributed by atoms with Crippen LogP contribution < -0.4 is 14.8 Å². The van der Waals surface area contributed by atoms with Crippen molar-refractivity contribution in [3.8, 4) is 17.6 Å². The van der Waals surface area contributed by atoms with Gasteiger partial charge in [0.05, 0.1) is 51.2 Å². The largest absolute Gasteiger partial charge is 0.497 e. The van der Waals surface area contributed by atoms with Crippen LogP contribution in [0.2, 0.25) is 0 Å². The number of anilines is 1. The van der Waals surface area contributed by atoms with Gasteiger partial charge in [0.2, 0.25) is 0 Å². The molecule has 5 atom stereocenters. The number of amides is 1. The summed E-state index contributed by atoms with van der Waals surface area (Å²) in [5, 5.41) is 25.9. The SMILES string of the molecule is COc1ccc(C(c2ccccc2)(c2ccc(OC)cc2)C(O)[C@H]2O[C@@H](n3cnc4c(NC(=O)c5ccccc5)ncnc43)C[C@@H]2OP(OCCC#N)N(C(C)C)C(C)C)cc1. The number of nitrogens with zero attached hydrogens (tertiary/aromatic N) is 6. The third-order valence-electron chi connectivity index (χ3n) is 11.0. The Morgan fingerprint density at radius 2 is 1.47 bits per heavy atom. The second-order valence-electron chi connectivity index (χ2n) is 15.4. The molecule has 1 amide bonds. The number of fused-ring (bicyclic) bond motifs is 1. The van der Waals surface area contributed by atoms with E-state index < -0.39 is 38.5 Å². The Morgan fingerprint density at radius 3 is 2.03 bits per heavy atom. The van der Waals surface area contributed by atoms with Crippen LogP contribution in [0, 0.1) is 11.3 Å². The molecule has 2 N–H and O–H groups in total. The van der Waals surface area contributed by atoms with Gasteiger partial charge >= 0.3 is 0 Å². The van der Waals surface area contributed by atoms with Crippen molar-refractivity contribution in [1.29, 1.82) is 5.26 Å². The molecule has 0 saturated carbocycles. The molecule has 7 rings (SSSR count). The van der Waals surface area contributed by atoms with Gasteiger partial charge in [0.15, 0.2) is 17.0 Å². The molecule has 1 aliphatic heterocycles. The summed E-state index contributed by atoms with van der Waals surface area (Å²) in [5.41, 5.74) is 2.39. The summed E-state index contributed by atoms with van der Waals surface area (Å²) in [6.07, 6.45) is -0.399. The van der Waals surface area contributed by atoms with Gasteiger partial charge < -0.3 is 33.7 Å². The number of hydrogen-bond acceptors (Lipinski definition) is 12. The van der Waals surface area contributed by atoms with E-state index in [4.69, 9.17) is 23.3 Å². The fourth-order valence-corrected chi connectivity index (χ4v) is 9.96. The minimum absolute atomic E-state index is 0.0190. The molecule has 14 nitrogen and oxygen atoms in total. The van der Waals surface area contributed by atoms with Gasteiger partial charge in [-0.25, -0.2) is 19.6 Å². The molecule has 4 aromatic carbocycles. The number of ether oxygens (including phenoxy) is 3. The summed E-state index contributed by atoms with van der Waals surface area (Å²) in [6, 6.07) is 36.3. The maximum atomic E-state index is 13.6. The topological polar surface area (TPSA) is 166 Å². The average molecular weight is 858 g/mol. The average Bonchev–Trinajstić information content (AvgIpc) is 3.92. The number of carbonyl (C=O) groups excluding carboxylic acids is 1. The smallest absolute Gasteiger partial charge is 0.259 e. The Morgan fingerprint density at radius 1 is 0.887 bits per heavy atom.